The number of hydrogen-bond donors (Lipinski definition) is 1. The molecule has 1 amide bonds. The van der Waals surface area contributed by atoms with Gasteiger partial charge in [-0.05, 0) is 56.5 Å². The van der Waals surface area contributed by atoms with Gasteiger partial charge in [0.25, 0.3) is 5.91 Å². The minimum Gasteiger partial charge on any atom is -0.361 e. The fourth-order valence-electron chi connectivity index (χ4n) is 3.84. The summed E-state index contributed by atoms with van der Waals surface area (Å²) in [6, 6.07) is 16.0. The van der Waals surface area contributed by atoms with Crippen LogP contribution in [0.15, 0.2) is 54.7 Å². The predicted molar refractivity (Wildman–Crippen MR) is 109 cm³/mol. The van der Waals surface area contributed by atoms with E-state index in [2.05, 4.69) is 43.2 Å². The van der Waals surface area contributed by atoms with E-state index < -0.39 is 0 Å². The third-order valence-corrected chi connectivity index (χ3v) is 5.06. The van der Waals surface area contributed by atoms with Crippen molar-refractivity contribution >= 4 is 17.4 Å². The predicted octanol–water partition coefficient (Wildman–Crippen LogP) is 5.09. The van der Waals surface area contributed by atoms with E-state index in [0.29, 0.717) is 5.82 Å². The SMILES string of the molecule is Cc1ccc(N2C(=O)c3ccccc3[C@@H]2Nc2c(C)cc(C)cc2C)nc1. The highest BCUT2D eigenvalue weighted by molar-refractivity contribution is 6.11. The van der Waals surface area contributed by atoms with Crippen molar-refractivity contribution in [3.05, 3.63) is 88.1 Å². The van der Waals surface area contributed by atoms with Gasteiger partial charge in [-0.25, -0.2) is 4.98 Å². The second-order valence-electron chi connectivity index (χ2n) is 7.28. The van der Waals surface area contributed by atoms with Crippen LogP contribution in [0.1, 0.15) is 44.3 Å². The Kier molecular flexibility index (Phi) is 4.19. The maximum atomic E-state index is 13.2. The van der Waals surface area contributed by atoms with Crippen LogP contribution >= 0.6 is 0 Å². The monoisotopic (exact) mass is 357 g/mol. The number of nitrogens with zero attached hydrogens (tertiary/aromatic N) is 2. The van der Waals surface area contributed by atoms with Gasteiger partial charge in [-0.2, -0.15) is 0 Å². The highest BCUT2D eigenvalue weighted by Crippen LogP contribution is 2.38. The molecule has 2 aromatic carbocycles. The van der Waals surface area contributed by atoms with Crippen LogP contribution < -0.4 is 10.2 Å². The first-order chi connectivity index (χ1) is 13.0. The summed E-state index contributed by atoms with van der Waals surface area (Å²) in [6.07, 6.45) is 1.51. The molecule has 0 saturated heterocycles. The Morgan fingerprint density at radius 2 is 1.63 bits per heavy atom. The van der Waals surface area contributed by atoms with E-state index >= 15 is 0 Å². The summed E-state index contributed by atoms with van der Waals surface area (Å²) in [5.74, 6) is 0.628. The normalized spacial score (nSPS) is 15.8. The molecule has 1 atom stereocenters. The van der Waals surface area contributed by atoms with Gasteiger partial charge in [0.1, 0.15) is 12.0 Å². The molecular weight excluding hydrogens is 334 g/mol. The number of pyridine rings is 1. The maximum Gasteiger partial charge on any atom is 0.261 e. The zero-order chi connectivity index (χ0) is 19.1. The number of carbonyl (C=O) groups excluding carboxylic acids is 1. The van der Waals surface area contributed by atoms with Crippen molar-refractivity contribution in [1.29, 1.82) is 0 Å². The van der Waals surface area contributed by atoms with E-state index in [9.17, 15) is 4.79 Å². The zero-order valence-corrected chi connectivity index (χ0v) is 16.1. The molecule has 2 heterocycles. The fraction of sp³-hybridized carbons (Fsp3) is 0.217. The lowest BCUT2D eigenvalue weighted by Gasteiger charge is -2.28. The summed E-state index contributed by atoms with van der Waals surface area (Å²) in [5.41, 5.74) is 7.40. The van der Waals surface area contributed by atoms with Gasteiger partial charge in [0.05, 0.1) is 0 Å². The first-order valence-corrected chi connectivity index (χ1v) is 9.15. The summed E-state index contributed by atoms with van der Waals surface area (Å²) in [5, 5.41) is 3.62. The van der Waals surface area contributed by atoms with Crippen molar-refractivity contribution < 1.29 is 4.79 Å². The minimum atomic E-state index is -0.288. The molecule has 1 aromatic heterocycles. The van der Waals surface area contributed by atoms with Crippen molar-refractivity contribution in [2.24, 2.45) is 0 Å². The Morgan fingerprint density at radius 3 is 2.30 bits per heavy atom. The Morgan fingerprint density at radius 1 is 0.926 bits per heavy atom. The summed E-state index contributed by atoms with van der Waals surface area (Å²) in [4.78, 5) is 19.4. The summed E-state index contributed by atoms with van der Waals surface area (Å²) in [7, 11) is 0. The molecule has 1 aliphatic heterocycles. The van der Waals surface area contributed by atoms with Gasteiger partial charge in [-0.15, -0.1) is 0 Å². The number of nitrogens with one attached hydrogen (secondary N) is 1. The standard InChI is InChI=1S/C23H23N3O/c1-14-9-10-20(24-13-14)26-22(18-7-5-6-8-19(18)23(26)27)25-21-16(3)11-15(2)12-17(21)4/h5-13,22,25H,1-4H3/t22-/m1/s1. The molecule has 136 valence electrons. The van der Waals surface area contributed by atoms with Gasteiger partial charge in [-0.1, -0.05) is 42.0 Å². The van der Waals surface area contributed by atoms with Gasteiger partial charge in [0.2, 0.25) is 0 Å². The van der Waals surface area contributed by atoms with Crippen molar-refractivity contribution in [3.63, 3.8) is 0 Å². The average Bonchev–Trinajstić information content (AvgIpc) is 2.91. The first kappa shape index (κ1) is 17.3. The number of hydrogen-bond acceptors (Lipinski definition) is 3. The van der Waals surface area contributed by atoms with Crippen LogP contribution in [0.3, 0.4) is 0 Å². The van der Waals surface area contributed by atoms with Crippen molar-refractivity contribution in [2.45, 2.75) is 33.9 Å². The summed E-state index contributed by atoms with van der Waals surface area (Å²) >= 11 is 0. The molecule has 0 bridgehead atoms. The number of rotatable bonds is 3. The molecule has 4 rings (SSSR count). The molecule has 0 unspecified atom stereocenters. The minimum absolute atomic E-state index is 0.0260. The number of carbonyl (C=O) groups is 1. The van der Waals surface area contributed by atoms with Crippen LogP contribution in [0, 0.1) is 27.7 Å². The number of anilines is 2. The molecule has 0 saturated carbocycles. The van der Waals surface area contributed by atoms with E-state index in [1.165, 1.54) is 16.7 Å². The molecule has 0 fully saturated rings. The summed E-state index contributed by atoms with van der Waals surface area (Å²) < 4.78 is 0. The van der Waals surface area contributed by atoms with Gasteiger partial charge < -0.3 is 5.32 Å². The Labute approximate surface area is 159 Å². The van der Waals surface area contributed by atoms with Gasteiger partial charge >= 0.3 is 0 Å². The highest BCUT2D eigenvalue weighted by Gasteiger charge is 2.38. The zero-order valence-electron chi connectivity index (χ0n) is 16.1. The van der Waals surface area contributed by atoms with Gasteiger partial charge in [0.15, 0.2) is 0 Å². The Bertz CT molecular complexity index is 1000. The molecule has 0 radical (unpaired) electrons. The Hall–Kier alpha value is -3.14. The third-order valence-electron chi connectivity index (χ3n) is 5.06. The lowest BCUT2D eigenvalue weighted by molar-refractivity contribution is 0.0992. The second-order valence-corrected chi connectivity index (χ2v) is 7.28. The van der Waals surface area contributed by atoms with Gasteiger partial charge in [-0.3, -0.25) is 9.69 Å². The molecule has 1 N–H and O–H groups in total. The van der Waals surface area contributed by atoms with Gasteiger partial charge in [0, 0.05) is 23.0 Å². The van der Waals surface area contributed by atoms with Crippen LogP contribution in [-0.4, -0.2) is 10.9 Å². The van der Waals surface area contributed by atoms with Crippen molar-refractivity contribution in [2.75, 3.05) is 10.2 Å². The molecule has 3 aromatic rings. The van der Waals surface area contributed by atoms with Crippen LogP contribution in [-0.2, 0) is 0 Å². The van der Waals surface area contributed by atoms with Crippen LogP contribution in [0.25, 0.3) is 0 Å². The number of amides is 1. The molecule has 27 heavy (non-hydrogen) atoms. The number of aromatic nitrogens is 1. The van der Waals surface area contributed by atoms with Crippen LogP contribution in [0.4, 0.5) is 11.5 Å². The molecule has 4 nitrogen and oxygen atoms in total. The van der Waals surface area contributed by atoms with Crippen LogP contribution in [0.5, 0.6) is 0 Å². The summed E-state index contributed by atoms with van der Waals surface area (Å²) in [6.45, 7) is 8.28. The molecule has 0 spiro atoms. The number of aryl methyl sites for hydroxylation is 4. The van der Waals surface area contributed by atoms with Crippen LogP contribution in [0.2, 0.25) is 0 Å². The average molecular weight is 357 g/mol. The van der Waals surface area contributed by atoms with Crippen molar-refractivity contribution in [1.82, 2.24) is 4.98 Å². The van der Waals surface area contributed by atoms with E-state index in [1.807, 2.05) is 43.3 Å². The molecule has 4 heteroatoms. The maximum absolute atomic E-state index is 13.2. The van der Waals surface area contributed by atoms with E-state index in [-0.39, 0.29) is 12.1 Å². The largest absolute Gasteiger partial charge is 0.361 e. The van der Waals surface area contributed by atoms with E-state index in [0.717, 1.165) is 22.4 Å². The Balaban J connectivity index is 1.82. The third kappa shape index (κ3) is 2.97. The number of benzene rings is 2. The fourth-order valence-corrected chi connectivity index (χ4v) is 3.84. The highest BCUT2D eigenvalue weighted by atomic mass is 16.2. The second kappa shape index (κ2) is 6.54. The topological polar surface area (TPSA) is 45.2 Å². The smallest absolute Gasteiger partial charge is 0.261 e. The van der Waals surface area contributed by atoms with E-state index in [4.69, 9.17) is 0 Å². The molecular formula is C23H23N3O. The van der Waals surface area contributed by atoms with Crippen molar-refractivity contribution in [3.8, 4) is 0 Å². The lowest BCUT2D eigenvalue weighted by atomic mass is 10.0. The quantitative estimate of drug-likeness (QED) is 0.710. The molecule has 0 aliphatic carbocycles. The number of fused-ring (bicyclic) bond motifs is 1. The molecule has 1 aliphatic rings. The van der Waals surface area contributed by atoms with E-state index in [1.54, 1.807) is 11.1 Å². The lowest BCUT2D eigenvalue weighted by Crippen LogP contribution is -2.33. The first-order valence-electron chi connectivity index (χ1n) is 9.15.